The molecule has 0 aliphatic carbocycles. The molecule has 0 heterocycles. The van der Waals surface area contributed by atoms with Gasteiger partial charge in [-0.05, 0) is 30.0 Å². The van der Waals surface area contributed by atoms with E-state index >= 15 is 0 Å². The van der Waals surface area contributed by atoms with Crippen molar-refractivity contribution in [2.24, 2.45) is 5.73 Å². The fourth-order valence-corrected chi connectivity index (χ4v) is 2.32. The Morgan fingerprint density at radius 1 is 1.10 bits per heavy atom. The molecule has 2 N–H and O–H groups in total. The molecule has 2 nitrogen and oxygen atoms in total. The van der Waals surface area contributed by atoms with Gasteiger partial charge in [-0.1, -0.05) is 45.0 Å². The highest BCUT2D eigenvalue weighted by atomic mass is 19.4. The Balaban J connectivity index is 2.69. The summed E-state index contributed by atoms with van der Waals surface area (Å²) in [4.78, 5) is 1.38. The predicted octanol–water partition coefficient (Wildman–Crippen LogP) is 4.08. The number of benzene rings is 1. The summed E-state index contributed by atoms with van der Waals surface area (Å²) in [5, 5.41) is 0. The Morgan fingerprint density at radius 3 is 2.05 bits per heavy atom. The molecule has 5 heteroatoms. The zero-order chi connectivity index (χ0) is 16.0. The van der Waals surface area contributed by atoms with Crippen LogP contribution in [0.25, 0.3) is 0 Å². The van der Waals surface area contributed by atoms with Crippen molar-refractivity contribution in [1.82, 2.24) is 4.90 Å². The number of nitrogens with two attached hydrogens (primary N) is 1. The molecule has 1 atom stereocenters. The average Bonchev–Trinajstić information content (AvgIpc) is 2.37. The first-order chi connectivity index (χ1) is 9.73. The third kappa shape index (κ3) is 6.48. The molecular formula is C16H25F3N2. The molecule has 0 fully saturated rings. The molecule has 120 valence electrons. The van der Waals surface area contributed by atoms with Gasteiger partial charge >= 0.3 is 6.18 Å². The molecule has 0 saturated carbocycles. The van der Waals surface area contributed by atoms with Gasteiger partial charge in [0, 0.05) is 12.6 Å². The second kappa shape index (κ2) is 7.80. The molecule has 0 aromatic heterocycles. The van der Waals surface area contributed by atoms with Crippen LogP contribution < -0.4 is 5.73 Å². The average molecular weight is 302 g/mol. The summed E-state index contributed by atoms with van der Waals surface area (Å²) in [6, 6.07) is 7.41. The van der Waals surface area contributed by atoms with Gasteiger partial charge in [0.15, 0.2) is 0 Å². The van der Waals surface area contributed by atoms with Gasteiger partial charge in [-0.25, -0.2) is 0 Å². The number of hydrogen-bond donors (Lipinski definition) is 1. The van der Waals surface area contributed by atoms with Crippen molar-refractivity contribution in [3.63, 3.8) is 0 Å². The molecule has 0 aliphatic rings. The molecule has 21 heavy (non-hydrogen) atoms. The maximum atomic E-state index is 12.5. The van der Waals surface area contributed by atoms with Gasteiger partial charge in [-0.15, -0.1) is 0 Å². The van der Waals surface area contributed by atoms with Gasteiger partial charge in [0.25, 0.3) is 0 Å². The third-order valence-electron chi connectivity index (χ3n) is 3.43. The second-order valence-electron chi connectivity index (χ2n) is 5.78. The SMILES string of the molecule is CCCN(CC(N)c1ccc(C(C)C)cc1)CC(F)(F)F. The van der Waals surface area contributed by atoms with Crippen LogP contribution in [-0.4, -0.2) is 30.7 Å². The van der Waals surface area contributed by atoms with Crippen LogP contribution in [-0.2, 0) is 0 Å². The number of alkyl halides is 3. The first kappa shape index (κ1) is 18.0. The third-order valence-corrected chi connectivity index (χ3v) is 3.43. The second-order valence-corrected chi connectivity index (χ2v) is 5.78. The molecule has 0 spiro atoms. The minimum absolute atomic E-state index is 0.217. The van der Waals surface area contributed by atoms with E-state index < -0.39 is 18.8 Å². The Bertz CT molecular complexity index is 413. The van der Waals surface area contributed by atoms with E-state index in [1.165, 1.54) is 10.5 Å². The first-order valence-corrected chi connectivity index (χ1v) is 7.37. The van der Waals surface area contributed by atoms with Gasteiger partial charge in [0.05, 0.1) is 6.54 Å². The highest BCUT2D eigenvalue weighted by molar-refractivity contribution is 5.26. The van der Waals surface area contributed by atoms with E-state index in [1.54, 1.807) is 0 Å². The molecule has 0 amide bonds. The highest BCUT2D eigenvalue weighted by Crippen LogP contribution is 2.21. The van der Waals surface area contributed by atoms with E-state index in [9.17, 15) is 13.2 Å². The quantitative estimate of drug-likeness (QED) is 0.822. The molecular weight excluding hydrogens is 277 g/mol. The Labute approximate surface area is 125 Å². The monoisotopic (exact) mass is 302 g/mol. The van der Waals surface area contributed by atoms with Crippen LogP contribution in [0.2, 0.25) is 0 Å². The van der Waals surface area contributed by atoms with E-state index in [0.717, 1.165) is 5.56 Å². The number of hydrogen-bond acceptors (Lipinski definition) is 2. The van der Waals surface area contributed by atoms with E-state index in [-0.39, 0.29) is 6.54 Å². The van der Waals surface area contributed by atoms with Crippen molar-refractivity contribution in [3.8, 4) is 0 Å². The topological polar surface area (TPSA) is 29.3 Å². The molecule has 0 radical (unpaired) electrons. The van der Waals surface area contributed by atoms with Gasteiger partial charge in [0.2, 0.25) is 0 Å². The highest BCUT2D eigenvalue weighted by Gasteiger charge is 2.31. The van der Waals surface area contributed by atoms with Crippen LogP contribution in [0.4, 0.5) is 13.2 Å². The summed E-state index contributed by atoms with van der Waals surface area (Å²) in [6.07, 6.45) is -3.51. The fourth-order valence-electron chi connectivity index (χ4n) is 2.32. The van der Waals surface area contributed by atoms with Crippen molar-refractivity contribution in [1.29, 1.82) is 0 Å². The smallest absolute Gasteiger partial charge is 0.323 e. The Hall–Kier alpha value is -1.07. The molecule has 0 aliphatic heterocycles. The Morgan fingerprint density at radius 2 is 1.62 bits per heavy atom. The van der Waals surface area contributed by atoms with E-state index in [4.69, 9.17) is 5.73 Å². The van der Waals surface area contributed by atoms with E-state index in [0.29, 0.717) is 18.9 Å². The molecule has 1 aromatic rings. The minimum Gasteiger partial charge on any atom is -0.323 e. The van der Waals surface area contributed by atoms with Crippen molar-refractivity contribution in [2.75, 3.05) is 19.6 Å². The summed E-state index contributed by atoms with van der Waals surface area (Å²) < 4.78 is 37.6. The fraction of sp³-hybridized carbons (Fsp3) is 0.625. The van der Waals surface area contributed by atoms with Gasteiger partial charge in [-0.3, -0.25) is 4.90 Å². The van der Waals surface area contributed by atoms with Crippen LogP contribution in [0.1, 0.15) is 50.3 Å². The van der Waals surface area contributed by atoms with Crippen LogP contribution in [0.15, 0.2) is 24.3 Å². The molecule has 1 rings (SSSR count). The molecule has 0 saturated heterocycles. The van der Waals surface area contributed by atoms with Crippen molar-refractivity contribution in [2.45, 2.75) is 45.3 Å². The summed E-state index contributed by atoms with van der Waals surface area (Å²) in [5.41, 5.74) is 8.14. The zero-order valence-corrected chi connectivity index (χ0v) is 13.0. The maximum absolute atomic E-state index is 12.5. The molecule has 1 unspecified atom stereocenters. The van der Waals surface area contributed by atoms with Gasteiger partial charge < -0.3 is 5.73 Å². The lowest BCUT2D eigenvalue weighted by Gasteiger charge is -2.26. The van der Waals surface area contributed by atoms with Gasteiger partial charge in [0.1, 0.15) is 0 Å². The number of rotatable bonds is 7. The normalized spacial score (nSPS) is 14.0. The minimum atomic E-state index is -4.18. The molecule has 0 bridgehead atoms. The van der Waals surface area contributed by atoms with Crippen molar-refractivity contribution < 1.29 is 13.2 Å². The lowest BCUT2D eigenvalue weighted by molar-refractivity contribution is -0.146. The maximum Gasteiger partial charge on any atom is 0.401 e. The summed E-state index contributed by atoms with van der Waals surface area (Å²) >= 11 is 0. The zero-order valence-electron chi connectivity index (χ0n) is 13.0. The van der Waals surface area contributed by atoms with Crippen LogP contribution in [0.5, 0.6) is 0 Å². The Kier molecular flexibility index (Phi) is 6.68. The van der Waals surface area contributed by atoms with Crippen molar-refractivity contribution >= 4 is 0 Å². The molecule has 1 aromatic carbocycles. The van der Waals surface area contributed by atoms with E-state index in [2.05, 4.69) is 13.8 Å². The van der Waals surface area contributed by atoms with Crippen molar-refractivity contribution in [3.05, 3.63) is 35.4 Å². The predicted molar refractivity (Wildman–Crippen MR) is 80.2 cm³/mol. The van der Waals surface area contributed by atoms with Crippen LogP contribution >= 0.6 is 0 Å². The largest absolute Gasteiger partial charge is 0.401 e. The standard InChI is InChI=1S/C16H25F3N2/c1-4-9-21(11-16(17,18)19)10-15(20)14-7-5-13(6-8-14)12(2)3/h5-8,12,15H,4,9-11,20H2,1-3H3. The summed E-state index contributed by atoms with van der Waals surface area (Å²) in [7, 11) is 0. The summed E-state index contributed by atoms with van der Waals surface area (Å²) in [5.74, 6) is 0.428. The lowest BCUT2D eigenvalue weighted by Crippen LogP contribution is -2.39. The first-order valence-electron chi connectivity index (χ1n) is 7.37. The summed E-state index contributed by atoms with van der Waals surface area (Å²) in [6.45, 7) is 5.78. The van der Waals surface area contributed by atoms with Crippen LogP contribution in [0, 0.1) is 0 Å². The van der Waals surface area contributed by atoms with Gasteiger partial charge in [-0.2, -0.15) is 13.2 Å². The lowest BCUT2D eigenvalue weighted by atomic mass is 9.99. The van der Waals surface area contributed by atoms with E-state index in [1.807, 2.05) is 31.2 Å². The van der Waals surface area contributed by atoms with Crippen LogP contribution in [0.3, 0.4) is 0 Å². The number of nitrogens with zero attached hydrogens (tertiary/aromatic N) is 1. The number of halogens is 3.